The van der Waals surface area contributed by atoms with E-state index in [1.165, 1.54) is 12.1 Å². The molecule has 1 aliphatic carbocycles. The van der Waals surface area contributed by atoms with Gasteiger partial charge >= 0.3 is 5.97 Å². The Balaban J connectivity index is 2.29. The van der Waals surface area contributed by atoms with Gasteiger partial charge in [-0.05, 0) is 31.0 Å². The van der Waals surface area contributed by atoms with Crippen LogP contribution in [-0.2, 0) is 10.0 Å². The summed E-state index contributed by atoms with van der Waals surface area (Å²) in [6.07, 6.45) is -0.193. The fraction of sp³-hybridized carbons (Fsp3) is 0.500. The molecule has 0 bridgehead atoms. The highest BCUT2D eigenvalue weighted by Crippen LogP contribution is 2.41. The van der Waals surface area contributed by atoms with E-state index in [1.807, 2.05) is 0 Å². The lowest BCUT2D eigenvalue weighted by Crippen LogP contribution is -2.61. The Labute approximate surface area is 123 Å². The Morgan fingerprint density at radius 1 is 1.38 bits per heavy atom. The third kappa shape index (κ3) is 2.81. The van der Waals surface area contributed by atoms with Gasteiger partial charge in [-0.15, -0.1) is 0 Å². The number of carboxylic acid groups (broad SMARTS) is 1. The molecule has 0 spiro atoms. The van der Waals surface area contributed by atoms with E-state index < -0.39 is 27.5 Å². The van der Waals surface area contributed by atoms with Crippen molar-refractivity contribution < 1.29 is 23.4 Å². The number of benzene rings is 1. The molecule has 0 amide bonds. The number of rotatable bonds is 4. The molecule has 1 fully saturated rings. The quantitative estimate of drug-likeness (QED) is 0.773. The molecule has 116 valence electrons. The Hall–Kier alpha value is -1.44. The maximum absolute atomic E-state index is 12.3. The van der Waals surface area contributed by atoms with Crippen molar-refractivity contribution in [1.82, 2.24) is 4.72 Å². The molecule has 6 nitrogen and oxygen atoms in total. The van der Waals surface area contributed by atoms with Crippen LogP contribution in [0, 0.1) is 12.3 Å². The van der Waals surface area contributed by atoms with E-state index in [4.69, 9.17) is 5.11 Å². The number of nitrogens with one attached hydrogen (secondary N) is 1. The lowest BCUT2D eigenvalue weighted by Gasteiger charge is -2.49. The van der Waals surface area contributed by atoms with Gasteiger partial charge in [0.1, 0.15) is 0 Å². The molecule has 0 saturated heterocycles. The lowest BCUT2D eigenvalue weighted by atomic mass is 9.65. The van der Waals surface area contributed by atoms with E-state index >= 15 is 0 Å². The summed E-state index contributed by atoms with van der Waals surface area (Å²) in [5, 5.41) is 18.7. The van der Waals surface area contributed by atoms with Gasteiger partial charge in [-0.25, -0.2) is 17.9 Å². The molecule has 1 aromatic carbocycles. The number of sulfonamides is 1. The molecule has 2 atom stereocenters. The first-order valence-corrected chi connectivity index (χ1v) is 8.08. The summed E-state index contributed by atoms with van der Waals surface area (Å²) in [6, 6.07) is 3.64. The minimum Gasteiger partial charge on any atom is -0.478 e. The van der Waals surface area contributed by atoms with Gasteiger partial charge in [-0.2, -0.15) is 0 Å². The van der Waals surface area contributed by atoms with Gasteiger partial charge < -0.3 is 10.2 Å². The summed E-state index contributed by atoms with van der Waals surface area (Å²) in [6.45, 7) is 5.18. The van der Waals surface area contributed by atoms with Crippen LogP contribution in [0.3, 0.4) is 0 Å². The highest BCUT2D eigenvalue weighted by molar-refractivity contribution is 7.89. The number of carboxylic acids is 1. The first kappa shape index (κ1) is 15.9. The first-order valence-electron chi connectivity index (χ1n) is 6.60. The summed E-state index contributed by atoms with van der Waals surface area (Å²) in [5.74, 6) is -1.16. The van der Waals surface area contributed by atoms with E-state index in [0.717, 1.165) is 6.07 Å². The van der Waals surface area contributed by atoms with Crippen molar-refractivity contribution in [2.24, 2.45) is 5.41 Å². The number of aliphatic hydroxyl groups is 1. The summed E-state index contributed by atoms with van der Waals surface area (Å²) >= 11 is 0. The topological polar surface area (TPSA) is 104 Å². The third-order valence-corrected chi connectivity index (χ3v) is 5.73. The monoisotopic (exact) mass is 313 g/mol. The van der Waals surface area contributed by atoms with Gasteiger partial charge in [0.15, 0.2) is 0 Å². The van der Waals surface area contributed by atoms with Gasteiger partial charge in [0.2, 0.25) is 10.0 Å². The number of hydrogen-bond donors (Lipinski definition) is 3. The van der Waals surface area contributed by atoms with Crippen molar-refractivity contribution in [1.29, 1.82) is 0 Å². The van der Waals surface area contributed by atoms with Crippen LogP contribution < -0.4 is 4.72 Å². The third-order valence-electron chi connectivity index (χ3n) is 4.26. The lowest BCUT2D eigenvalue weighted by molar-refractivity contribution is -0.0645. The zero-order valence-corrected chi connectivity index (χ0v) is 12.9. The van der Waals surface area contributed by atoms with Crippen LogP contribution in [0.1, 0.15) is 36.2 Å². The van der Waals surface area contributed by atoms with Crippen LogP contribution in [-0.4, -0.2) is 36.7 Å². The molecule has 1 saturated carbocycles. The van der Waals surface area contributed by atoms with Crippen LogP contribution in [0.25, 0.3) is 0 Å². The molecule has 0 radical (unpaired) electrons. The van der Waals surface area contributed by atoms with Crippen LogP contribution in [0.2, 0.25) is 0 Å². The second kappa shape index (κ2) is 5.08. The normalized spacial score (nSPS) is 24.4. The maximum Gasteiger partial charge on any atom is 0.335 e. The van der Waals surface area contributed by atoms with Crippen LogP contribution in [0.5, 0.6) is 0 Å². The molecule has 0 heterocycles. The van der Waals surface area contributed by atoms with Crippen molar-refractivity contribution in [3.8, 4) is 0 Å². The molecule has 1 aromatic rings. The highest BCUT2D eigenvalue weighted by Gasteiger charge is 2.48. The molecule has 21 heavy (non-hydrogen) atoms. The SMILES string of the molecule is Cc1ccc(S(=O)(=O)NC2CC(O)C2(C)C)cc1C(=O)O. The van der Waals surface area contributed by atoms with E-state index in [2.05, 4.69) is 4.72 Å². The molecular weight excluding hydrogens is 294 g/mol. The maximum atomic E-state index is 12.3. The zero-order chi connectivity index (χ0) is 16.0. The number of aliphatic hydroxyl groups excluding tert-OH is 1. The minimum atomic E-state index is -3.81. The predicted octanol–water partition coefficient (Wildman–Crippen LogP) is 1.13. The molecule has 0 aromatic heterocycles. The Kier molecular flexibility index (Phi) is 3.86. The van der Waals surface area contributed by atoms with Crippen molar-refractivity contribution in [2.75, 3.05) is 0 Å². The molecular formula is C14H19NO5S. The van der Waals surface area contributed by atoms with Gasteiger partial charge in [-0.1, -0.05) is 19.9 Å². The van der Waals surface area contributed by atoms with Gasteiger partial charge in [0, 0.05) is 11.5 Å². The predicted molar refractivity (Wildman–Crippen MR) is 76.7 cm³/mol. The highest BCUT2D eigenvalue weighted by atomic mass is 32.2. The van der Waals surface area contributed by atoms with Crippen molar-refractivity contribution in [3.05, 3.63) is 29.3 Å². The Morgan fingerprint density at radius 2 is 2.00 bits per heavy atom. The Bertz CT molecular complexity index is 681. The number of hydrogen-bond acceptors (Lipinski definition) is 4. The fourth-order valence-electron chi connectivity index (χ4n) is 2.36. The number of aromatic carboxylic acids is 1. The minimum absolute atomic E-state index is 0.0363. The summed E-state index contributed by atoms with van der Waals surface area (Å²) in [4.78, 5) is 11.0. The number of carbonyl (C=O) groups is 1. The summed E-state index contributed by atoms with van der Waals surface area (Å²) in [5.41, 5.74) is -0.0699. The fourth-order valence-corrected chi connectivity index (χ4v) is 3.79. The molecule has 0 aliphatic heterocycles. The molecule has 2 rings (SSSR count). The first-order chi connectivity index (χ1) is 9.55. The Morgan fingerprint density at radius 3 is 2.48 bits per heavy atom. The number of aryl methyl sites for hydroxylation is 1. The van der Waals surface area contributed by atoms with E-state index in [0.29, 0.717) is 12.0 Å². The molecule has 2 unspecified atom stereocenters. The van der Waals surface area contributed by atoms with Gasteiger partial charge in [-0.3, -0.25) is 0 Å². The van der Waals surface area contributed by atoms with Crippen LogP contribution in [0.4, 0.5) is 0 Å². The zero-order valence-electron chi connectivity index (χ0n) is 12.1. The van der Waals surface area contributed by atoms with Crippen LogP contribution in [0.15, 0.2) is 23.1 Å². The molecule has 1 aliphatic rings. The molecule has 7 heteroatoms. The largest absolute Gasteiger partial charge is 0.478 e. The van der Waals surface area contributed by atoms with E-state index in [1.54, 1.807) is 20.8 Å². The molecule has 3 N–H and O–H groups in total. The smallest absolute Gasteiger partial charge is 0.335 e. The van der Waals surface area contributed by atoms with Crippen molar-refractivity contribution in [2.45, 2.75) is 44.2 Å². The van der Waals surface area contributed by atoms with Gasteiger partial charge in [0.05, 0.1) is 16.6 Å². The second-order valence-electron chi connectivity index (χ2n) is 6.03. The second-order valence-corrected chi connectivity index (χ2v) is 7.74. The standard InChI is InChI=1S/C14H19NO5S/c1-8-4-5-9(6-10(8)13(17)18)21(19,20)15-11-7-12(16)14(11,2)3/h4-6,11-12,15-16H,7H2,1-3H3,(H,17,18). The van der Waals surface area contributed by atoms with Gasteiger partial charge in [0.25, 0.3) is 0 Å². The average Bonchev–Trinajstić information content (AvgIpc) is 2.38. The summed E-state index contributed by atoms with van der Waals surface area (Å²) in [7, 11) is -3.81. The summed E-state index contributed by atoms with van der Waals surface area (Å²) < 4.78 is 27.2. The van der Waals surface area contributed by atoms with E-state index in [-0.39, 0.29) is 16.5 Å². The van der Waals surface area contributed by atoms with E-state index in [9.17, 15) is 18.3 Å². The van der Waals surface area contributed by atoms with Crippen molar-refractivity contribution >= 4 is 16.0 Å². The average molecular weight is 313 g/mol. The van der Waals surface area contributed by atoms with Crippen molar-refractivity contribution in [3.63, 3.8) is 0 Å². The van der Waals surface area contributed by atoms with Crippen LogP contribution >= 0.6 is 0 Å².